The van der Waals surface area contributed by atoms with Crippen molar-refractivity contribution in [1.29, 1.82) is 0 Å². The van der Waals surface area contributed by atoms with E-state index in [0.29, 0.717) is 34.1 Å². The summed E-state index contributed by atoms with van der Waals surface area (Å²) in [5.41, 5.74) is 1.50. The number of aromatic nitrogens is 2. The topological polar surface area (TPSA) is 82.5 Å². The van der Waals surface area contributed by atoms with Crippen LogP contribution in [0.5, 0.6) is 11.5 Å². The number of hydrogen-bond donors (Lipinski definition) is 1. The third-order valence-electron chi connectivity index (χ3n) is 5.07. The highest BCUT2D eigenvalue weighted by Gasteiger charge is 2.17. The zero-order chi connectivity index (χ0) is 21.1. The second-order valence-electron chi connectivity index (χ2n) is 7.10. The largest absolute Gasteiger partial charge is 0.454 e. The maximum absolute atomic E-state index is 13.0. The highest BCUT2D eigenvalue weighted by atomic mass is 32.2. The van der Waals surface area contributed by atoms with Gasteiger partial charge in [-0.2, -0.15) is 0 Å². The number of rotatable bonds is 7. The Hall–Kier alpha value is -3.00. The van der Waals surface area contributed by atoms with Crippen LogP contribution in [0.4, 0.5) is 0 Å². The molecule has 0 radical (unpaired) electrons. The first-order chi connectivity index (χ1) is 14.6. The van der Waals surface area contributed by atoms with E-state index in [1.54, 1.807) is 10.6 Å². The summed E-state index contributed by atoms with van der Waals surface area (Å²) in [7, 11) is 0. The summed E-state index contributed by atoms with van der Waals surface area (Å²) in [4.78, 5) is 30.1. The fourth-order valence-electron chi connectivity index (χ4n) is 3.23. The van der Waals surface area contributed by atoms with Crippen LogP contribution in [-0.4, -0.2) is 28.0 Å². The average molecular weight is 426 g/mol. The summed E-state index contributed by atoms with van der Waals surface area (Å²) in [6.45, 7) is 4.62. The molecule has 4 rings (SSSR count). The zero-order valence-electron chi connectivity index (χ0n) is 16.9. The van der Waals surface area contributed by atoms with E-state index in [2.05, 4.69) is 10.3 Å². The Labute approximate surface area is 178 Å². The van der Waals surface area contributed by atoms with Crippen LogP contribution < -0.4 is 20.3 Å². The summed E-state index contributed by atoms with van der Waals surface area (Å²) in [6.07, 6.45) is 0.795. The van der Waals surface area contributed by atoms with Crippen molar-refractivity contribution in [2.24, 2.45) is 0 Å². The van der Waals surface area contributed by atoms with E-state index in [1.165, 1.54) is 11.8 Å². The summed E-state index contributed by atoms with van der Waals surface area (Å²) >= 11 is 1.28. The normalized spacial score (nSPS) is 13.4. The predicted octanol–water partition coefficient (Wildman–Crippen LogP) is 3.50. The van der Waals surface area contributed by atoms with E-state index in [0.717, 1.165) is 12.0 Å². The molecule has 0 bridgehead atoms. The maximum atomic E-state index is 13.0. The zero-order valence-corrected chi connectivity index (χ0v) is 17.7. The highest BCUT2D eigenvalue weighted by Crippen LogP contribution is 2.32. The van der Waals surface area contributed by atoms with E-state index in [1.807, 2.05) is 50.2 Å². The second kappa shape index (κ2) is 8.79. The number of nitrogens with zero attached hydrogens (tertiary/aromatic N) is 2. The van der Waals surface area contributed by atoms with E-state index in [9.17, 15) is 9.59 Å². The van der Waals surface area contributed by atoms with E-state index in [-0.39, 0.29) is 30.1 Å². The van der Waals surface area contributed by atoms with Gasteiger partial charge < -0.3 is 14.8 Å². The number of hydrogen-bond acceptors (Lipinski definition) is 6. The van der Waals surface area contributed by atoms with Crippen molar-refractivity contribution in [2.75, 3.05) is 12.5 Å². The Morgan fingerprint density at radius 2 is 2.03 bits per heavy atom. The fourth-order valence-corrected chi connectivity index (χ4v) is 4.16. The van der Waals surface area contributed by atoms with Crippen LogP contribution in [0, 0.1) is 0 Å². The van der Waals surface area contributed by atoms with Gasteiger partial charge in [0, 0.05) is 12.6 Å². The van der Waals surface area contributed by atoms with Gasteiger partial charge in [0.05, 0.1) is 16.7 Å². The lowest BCUT2D eigenvalue weighted by molar-refractivity contribution is -0.118. The number of ether oxygens (including phenoxy) is 2. The average Bonchev–Trinajstić information content (AvgIpc) is 3.24. The van der Waals surface area contributed by atoms with Crippen LogP contribution in [-0.2, 0) is 11.3 Å². The number of carbonyl (C=O) groups excluding carboxylic acids is 1. The van der Waals surface area contributed by atoms with Crippen LogP contribution in [0.1, 0.15) is 31.9 Å². The molecule has 0 aliphatic carbocycles. The number of nitrogens with one attached hydrogen (secondary N) is 1. The smallest absolute Gasteiger partial charge is 0.262 e. The van der Waals surface area contributed by atoms with Crippen LogP contribution in [0.3, 0.4) is 0 Å². The van der Waals surface area contributed by atoms with Crippen molar-refractivity contribution in [3.63, 3.8) is 0 Å². The number of benzene rings is 2. The van der Waals surface area contributed by atoms with Gasteiger partial charge in [-0.25, -0.2) is 4.98 Å². The first-order valence-electron chi connectivity index (χ1n) is 9.86. The molecule has 3 aromatic rings. The molecule has 1 aromatic heterocycles. The van der Waals surface area contributed by atoms with Gasteiger partial charge >= 0.3 is 0 Å². The number of para-hydroxylation sites is 1. The molecule has 30 heavy (non-hydrogen) atoms. The lowest BCUT2D eigenvalue weighted by atomic mass is 10.2. The molecule has 0 saturated heterocycles. The van der Waals surface area contributed by atoms with Gasteiger partial charge in [0.2, 0.25) is 12.7 Å². The Balaban J connectivity index is 1.46. The molecular weight excluding hydrogens is 402 g/mol. The van der Waals surface area contributed by atoms with Gasteiger partial charge in [-0.05, 0) is 43.2 Å². The Morgan fingerprint density at radius 1 is 1.23 bits per heavy atom. The molecule has 1 aliphatic heterocycles. The molecular formula is C22H23N3O4S. The van der Waals surface area contributed by atoms with E-state index in [4.69, 9.17) is 9.47 Å². The van der Waals surface area contributed by atoms with Gasteiger partial charge in [-0.3, -0.25) is 14.2 Å². The monoisotopic (exact) mass is 425 g/mol. The number of fused-ring (bicyclic) bond motifs is 2. The molecule has 2 heterocycles. The van der Waals surface area contributed by atoms with Gasteiger partial charge in [0.1, 0.15) is 0 Å². The third kappa shape index (κ3) is 4.14. The summed E-state index contributed by atoms with van der Waals surface area (Å²) in [5.74, 6) is 1.45. The van der Waals surface area contributed by atoms with Crippen molar-refractivity contribution >= 4 is 28.6 Å². The van der Waals surface area contributed by atoms with Crippen molar-refractivity contribution in [3.8, 4) is 11.5 Å². The van der Waals surface area contributed by atoms with Crippen molar-refractivity contribution < 1.29 is 14.3 Å². The quantitative estimate of drug-likeness (QED) is 0.461. The minimum Gasteiger partial charge on any atom is -0.454 e. The Morgan fingerprint density at radius 3 is 2.87 bits per heavy atom. The van der Waals surface area contributed by atoms with Crippen molar-refractivity contribution in [1.82, 2.24) is 14.9 Å². The van der Waals surface area contributed by atoms with Gasteiger partial charge in [-0.15, -0.1) is 0 Å². The summed E-state index contributed by atoms with van der Waals surface area (Å²) < 4.78 is 12.4. The fraction of sp³-hybridized carbons (Fsp3) is 0.318. The van der Waals surface area contributed by atoms with Crippen LogP contribution in [0.15, 0.2) is 52.4 Å². The molecule has 8 heteroatoms. The first-order valence-corrected chi connectivity index (χ1v) is 10.8. The number of thioether (sulfide) groups is 1. The Kier molecular flexibility index (Phi) is 5.94. The molecule has 1 unspecified atom stereocenters. The number of amides is 1. The maximum Gasteiger partial charge on any atom is 0.262 e. The standard InChI is InChI=1S/C22H23N3O4S/c1-3-14(2)25-21(27)16-6-4-5-7-17(16)24-22(25)30-12-20(26)23-11-15-8-9-18-19(10-15)29-13-28-18/h4-10,14H,3,11-13H2,1-2H3,(H,23,26). The molecule has 7 nitrogen and oxygen atoms in total. The third-order valence-corrected chi connectivity index (χ3v) is 6.02. The molecule has 1 atom stereocenters. The molecule has 1 aliphatic rings. The minimum atomic E-state index is -0.129. The SMILES string of the molecule is CCC(C)n1c(SCC(=O)NCc2ccc3c(c2)OCO3)nc2ccccc2c1=O. The van der Waals surface area contributed by atoms with Crippen LogP contribution in [0.2, 0.25) is 0 Å². The molecule has 156 valence electrons. The second-order valence-corrected chi connectivity index (χ2v) is 8.04. The van der Waals surface area contributed by atoms with Gasteiger partial charge in [0.25, 0.3) is 5.56 Å². The molecule has 1 amide bonds. The minimum absolute atomic E-state index is 0.00574. The van der Waals surface area contributed by atoms with E-state index < -0.39 is 0 Å². The summed E-state index contributed by atoms with van der Waals surface area (Å²) in [5, 5.41) is 4.06. The van der Waals surface area contributed by atoms with Gasteiger partial charge in [0.15, 0.2) is 16.7 Å². The van der Waals surface area contributed by atoms with Crippen molar-refractivity contribution in [3.05, 3.63) is 58.4 Å². The molecule has 0 saturated carbocycles. The molecule has 1 N–H and O–H groups in total. The lowest BCUT2D eigenvalue weighted by Crippen LogP contribution is -2.28. The molecule has 2 aromatic carbocycles. The van der Waals surface area contributed by atoms with Crippen LogP contribution >= 0.6 is 11.8 Å². The molecule has 0 fully saturated rings. The summed E-state index contributed by atoms with van der Waals surface area (Å²) in [6, 6.07) is 12.9. The van der Waals surface area contributed by atoms with Crippen LogP contribution in [0.25, 0.3) is 10.9 Å². The van der Waals surface area contributed by atoms with E-state index >= 15 is 0 Å². The lowest BCUT2D eigenvalue weighted by Gasteiger charge is -2.18. The first kappa shape index (κ1) is 20.3. The Bertz CT molecular complexity index is 1140. The molecule has 0 spiro atoms. The highest BCUT2D eigenvalue weighted by molar-refractivity contribution is 7.99. The number of carbonyl (C=O) groups is 1. The van der Waals surface area contributed by atoms with Gasteiger partial charge in [-0.1, -0.05) is 36.9 Å². The van der Waals surface area contributed by atoms with Crippen molar-refractivity contribution in [2.45, 2.75) is 38.0 Å². The predicted molar refractivity (Wildman–Crippen MR) is 116 cm³/mol.